The normalized spacial score (nSPS) is 16.9. The van der Waals surface area contributed by atoms with Gasteiger partial charge in [0.05, 0.1) is 11.8 Å². The van der Waals surface area contributed by atoms with Crippen LogP contribution in [0.3, 0.4) is 0 Å². The van der Waals surface area contributed by atoms with E-state index in [4.69, 9.17) is 4.84 Å². The third-order valence-electron chi connectivity index (χ3n) is 2.48. The average Bonchev–Trinajstić information content (AvgIpc) is 2.84. The summed E-state index contributed by atoms with van der Waals surface area (Å²) in [6, 6.07) is 0. The average molecular weight is 227 g/mol. The van der Waals surface area contributed by atoms with Crippen LogP contribution in [-0.2, 0) is 4.84 Å². The number of amides is 1. The van der Waals surface area contributed by atoms with Gasteiger partial charge in [0, 0.05) is 0 Å². The van der Waals surface area contributed by atoms with E-state index in [2.05, 4.69) is 15.1 Å². The van der Waals surface area contributed by atoms with Crippen molar-refractivity contribution in [2.75, 3.05) is 0 Å². The Kier molecular flexibility index (Phi) is 3.27. The maximum absolute atomic E-state index is 11.6. The molecule has 1 aromatic rings. The number of hydrogen-bond acceptors (Lipinski definition) is 5. The summed E-state index contributed by atoms with van der Waals surface area (Å²) in [7, 11) is 0. The zero-order valence-corrected chi connectivity index (χ0v) is 9.34. The van der Waals surface area contributed by atoms with Gasteiger partial charge in [-0.15, -0.1) is 5.10 Å². The van der Waals surface area contributed by atoms with E-state index in [0.29, 0.717) is 10.6 Å². The molecule has 1 fully saturated rings. The quantitative estimate of drug-likeness (QED) is 0.794. The first-order valence-electron chi connectivity index (χ1n) is 5.02. The molecule has 1 amide bonds. The molecular weight excluding hydrogens is 214 g/mol. The van der Waals surface area contributed by atoms with Gasteiger partial charge in [0.1, 0.15) is 4.88 Å². The topological polar surface area (TPSA) is 64.1 Å². The molecule has 0 aromatic carbocycles. The molecule has 1 N–H and O–H groups in total. The summed E-state index contributed by atoms with van der Waals surface area (Å²) in [5, 5.41) is 3.77. The maximum Gasteiger partial charge on any atom is 0.288 e. The Morgan fingerprint density at radius 2 is 2.27 bits per heavy atom. The lowest BCUT2D eigenvalue weighted by Crippen LogP contribution is -2.28. The molecule has 0 atom stereocenters. The van der Waals surface area contributed by atoms with Crippen molar-refractivity contribution in [1.29, 1.82) is 0 Å². The fraction of sp³-hybridized carbons (Fsp3) is 0.667. The SMILES string of the molecule is Cc1nnsc1C(=O)NOC1CCCC1. The van der Waals surface area contributed by atoms with E-state index in [9.17, 15) is 4.79 Å². The van der Waals surface area contributed by atoms with Crippen molar-refractivity contribution in [2.45, 2.75) is 38.7 Å². The van der Waals surface area contributed by atoms with E-state index in [0.717, 1.165) is 24.4 Å². The zero-order chi connectivity index (χ0) is 10.7. The molecule has 1 saturated carbocycles. The van der Waals surface area contributed by atoms with Crippen LogP contribution in [-0.4, -0.2) is 21.6 Å². The van der Waals surface area contributed by atoms with Gasteiger partial charge >= 0.3 is 0 Å². The summed E-state index contributed by atoms with van der Waals surface area (Å²) in [6.07, 6.45) is 4.60. The molecule has 0 bridgehead atoms. The first-order chi connectivity index (χ1) is 7.27. The van der Waals surface area contributed by atoms with Crippen molar-refractivity contribution in [3.8, 4) is 0 Å². The third kappa shape index (κ3) is 2.51. The molecule has 6 heteroatoms. The molecule has 5 nitrogen and oxygen atoms in total. The summed E-state index contributed by atoms with van der Waals surface area (Å²) in [6.45, 7) is 1.76. The fourth-order valence-electron chi connectivity index (χ4n) is 1.63. The van der Waals surface area contributed by atoms with Crippen LogP contribution < -0.4 is 5.48 Å². The zero-order valence-electron chi connectivity index (χ0n) is 8.52. The number of carbonyl (C=O) groups is 1. The van der Waals surface area contributed by atoms with Gasteiger partial charge in [-0.3, -0.25) is 9.63 Å². The highest BCUT2D eigenvalue weighted by Gasteiger charge is 2.19. The van der Waals surface area contributed by atoms with Crippen LogP contribution in [0.1, 0.15) is 41.0 Å². The second-order valence-corrected chi connectivity index (χ2v) is 4.40. The molecule has 0 saturated heterocycles. The van der Waals surface area contributed by atoms with E-state index in [-0.39, 0.29) is 12.0 Å². The highest BCUT2D eigenvalue weighted by molar-refractivity contribution is 7.07. The Morgan fingerprint density at radius 1 is 1.53 bits per heavy atom. The molecule has 1 aromatic heterocycles. The van der Waals surface area contributed by atoms with Crippen molar-refractivity contribution in [2.24, 2.45) is 0 Å². The van der Waals surface area contributed by atoms with Crippen LogP contribution in [0.4, 0.5) is 0 Å². The molecular formula is C9H13N3O2S. The Bertz CT molecular complexity index is 347. The van der Waals surface area contributed by atoms with Crippen LogP contribution in [0.2, 0.25) is 0 Å². The lowest BCUT2D eigenvalue weighted by atomic mass is 10.3. The van der Waals surface area contributed by atoms with Crippen molar-refractivity contribution in [3.63, 3.8) is 0 Å². The lowest BCUT2D eigenvalue weighted by Gasteiger charge is -2.10. The molecule has 0 spiro atoms. The molecule has 82 valence electrons. The molecule has 0 aliphatic heterocycles. The Balaban J connectivity index is 1.84. The predicted molar refractivity (Wildman–Crippen MR) is 55.5 cm³/mol. The van der Waals surface area contributed by atoms with E-state index in [1.54, 1.807) is 6.92 Å². The van der Waals surface area contributed by atoms with Gasteiger partial charge in [-0.05, 0) is 31.3 Å². The summed E-state index contributed by atoms with van der Waals surface area (Å²) in [5.41, 5.74) is 3.11. The number of aryl methyl sites for hydroxylation is 1. The number of hydrogen-bond donors (Lipinski definition) is 1. The van der Waals surface area contributed by atoms with Crippen LogP contribution in [0.5, 0.6) is 0 Å². The number of nitrogens with zero attached hydrogens (tertiary/aromatic N) is 2. The molecule has 0 radical (unpaired) electrons. The molecule has 1 heterocycles. The van der Waals surface area contributed by atoms with E-state index < -0.39 is 0 Å². The van der Waals surface area contributed by atoms with Crippen LogP contribution in [0.25, 0.3) is 0 Å². The Morgan fingerprint density at radius 3 is 2.87 bits per heavy atom. The smallest absolute Gasteiger partial charge is 0.270 e. The van der Waals surface area contributed by atoms with E-state index in [1.165, 1.54) is 12.8 Å². The standard InChI is InChI=1S/C9H13N3O2S/c1-6-8(15-12-10-6)9(13)11-14-7-4-2-3-5-7/h7H,2-5H2,1H3,(H,11,13). The Hall–Kier alpha value is -1.01. The summed E-state index contributed by atoms with van der Waals surface area (Å²) >= 11 is 1.09. The van der Waals surface area contributed by atoms with Gasteiger partial charge in [0.2, 0.25) is 0 Å². The van der Waals surface area contributed by atoms with E-state index >= 15 is 0 Å². The van der Waals surface area contributed by atoms with Gasteiger partial charge in [0.25, 0.3) is 5.91 Å². The minimum absolute atomic E-state index is 0.176. The highest BCUT2D eigenvalue weighted by atomic mass is 32.1. The van der Waals surface area contributed by atoms with Gasteiger partial charge in [-0.2, -0.15) is 0 Å². The number of rotatable bonds is 3. The van der Waals surface area contributed by atoms with Crippen LogP contribution in [0, 0.1) is 6.92 Å². The summed E-state index contributed by atoms with van der Waals surface area (Å²) in [4.78, 5) is 17.4. The van der Waals surface area contributed by atoms with Crippen molar-refractivity contribution in [1.82, 2.24) is 15.1 Å². The second-order valence-electron chi connectivity index (χ2n) is 3.64. The van der Waals surface area contributed by atoms with Gasteiger partial charge in [0.15, 0.2) is 0 Å². The largest absolute Gasteiger partial charge is 0.288 e. The summed E-state index contributed by atoms with van der Waals surface area (Å²) in [5.74, 6) is -0.241. The molecule has 15 heavy (non-hydrogen) atoms. The minimum atomic E-state index is -0.241. The van der Waals surface area contributed by atoms with Crippen LogP contribution in [0.15, 0.2) is 0 Å². The Labute approximate surface area is 91.9 Å². The number of nitrogens with one attached hydrogen (secondary N) is 1. The van der Waals surface area contributed by atoms with Crippen molar-refractivity contribution in [3.05, 3.63) is 10.6 Å². The highest BCUT2D eigenvalue weighted by Crippen LogP contribution is 2.20. The first-order valence-corrected chi connectivity index (χ1v) is 5.79. The van der Waals surface area contributed by atoms with Gasteiger partial charge < -0.3 is 0 Å². The third-order valence-corrected chi connectivity index (χ3v) is 3.30. The van der Waals surface area contributed by atoms with Crippen LogP contribution >= 0.6 is 11.5 Å². The van der Waals surface area contributed by atoms with Crippen molar-refractivity contribution < 1.29 is 9.63 Å². The van der Waals surface area contributed by atoms with Gasteiger partial charge in [-0.1, -0.05) is 17.3 Å². The molecule has 1 aliphatic rings. The maximum atomic E-state index is 11.6. The lowest BCUT2D eigenvalue weighted by molar-refractivity contribution is -0.0122. The molecule has 1 aliphatic carbocycles. The summed E-state index contributed by atoms with van der Waals surface area (Å²) < 4.78 is 3.70. The molecule has 0 unspecified atom stereocenters. The monoisotopic (exact) mass is 227 g/mol. The van der Waals surface area contributed by atoms with E-state index in [1.807, 2.05) is 0 Å². The fourth-order valence-corrected chi connectivity index (χ4v) is 2.17. The van der Waals surface area contributed by atoms with Gasteiger partial charge in [-0.25, -0.2) is 5.48 Å². The predicted octanol–water partition coefficient (Wildman–Crippen LogP) is 1.45. The number of hydroxylamine groups is 1. The minimum Gasteiger partial charge on any atom is -0.270 e. The molecule has 2 rings (SSSR count). The van der Waals surface area contributed by atoms with Crippen molar-refractivity contribution >= 4 is 17.4 Å². The number of carbonyl (C=O) groups excluding carboxylic acids is 1. The first kappa shape index (κ1) is 10.5. The second kappa shape index (κ2) is 4.67. The number of aromatic nitrogens is 2.